The van der Waals surface area contributed by atoms with E-state index in [1.165, 1.54) is 18.4 Å². The normalized spacial score (nSPS) is 14.0. The van der Waals surface area contributed by atoms with Crippen molar-refractivity contribution in [3.63, 3.8) is 0 Å². The number of anilines is 1. The van der Waals surface area contributed by atoms with Gasteiger partial charge in [0.05, 0.1) is 13.2 Å². The molecule has 24 heavy (non-hydrogen) atoms. The first-order chi connectivity index (χ1) is 11.3. The highest BCUT2D eigenvalue weighted by Crippen LogP contribution is 2.24. The van der Waals surface area contributed by atoms with Crippen molar-refractivity contribution in [2.45, 2.75) is 38.8 Å². The molecule has 1 aliphatic carbocycles. The molecule has 0 amide bonds. The zero-order valence-corrected chi connectivity index (χ0v) is 16.1. The van der Waals surface area contributed by atoms with Crippen LogP contribution in [0.2, 0.25) is 0 Å². The summed E-state index contributed by atoms with van der Waals surface area (Å²) in [5.41, 5.74) is 10.1. The summed E-state index contributed by atoms with van der Waals surface area (Å²) in [5, 5.41) is 7.27. The van der Waals surface area contributed by atoms with Crippen LogP contribution in [0.25, 0.3) is 0 Å². The molecule has 2 aromatic rings. The molecule has 0 atom stereocenters. The minimum atomic E-state index is 0. The van der Waals surface area contributed by atoms with Gasteiger partial charge in [-0.1, -0.05) is 23.4 Å². The Morgan fingerprint density at radius 3 is 2.96 bits per heavy atom. The van der Waals surface area contributed by atoms with E-state index in [-0.39, 0.29) is 24.0 Å². The van der Waals surface area contributed by atoms with Crippen molar-refractivity contribution >= 4 is 35.6 Å². The highest BCUT2D eigenvalue weighted by atomic mass is 127. The van der Waals surface area contributed by atoms with Crippen LogP contribution in [0.1, 0.15) is 35.4 Å². The number of para-hydroxylation sites is 1. The second-order valence-electron chi connectivity index (χ2n) is 5.65. The zero-order valence-electron chi connectivity index (χ0n) is 13.7. The molecule has 6 nitrogen and oxygen atoms in total. The first-order valence-electron chi connectivity index (χ1n) is 7.88. The Balaban J connectivity index is 0.00000208. The minimum absolute atomic E-state index is 0. The van der Waals surface area contributed by atoms with Crippen LogP contribution in [-0.4, -0.2) is 18.2 Å². The molecule has 7 heteroatoms. The van der Waals surface area contributed by atoms with Gasteiger partial charge in [0, 0.05) is 30.3 Å². The molecule has 1 heterocycles. The number of ether oxygens (including phenoxy) is 1. The van der Waals surface area contributed by atoms with Gasteiger partial charge in [0.15, 0.2) is 5.96 Å². The molecule has 0 fully saturated rings. The van der Waals surface area contributed by atoms with E-state index < -0.39 is 0 Å². The van der Waals surface area contributed by atoms with Crippen molar-refractivity contribution in [3.8, 4) is 0 Å². The molecule has 3 N–H and O–H groups in total. The van der Waals surface area contributed by atoms with Crippen LogP contribution in [0.3, 0.4) is 0 Å². The van der Waals surface area contributed by atoms with Gasteiger partial charge in [-0.05, 0) is 25.3 Å². The fraction of sp³-hybridized carbons (Fsp3) is 0.412. The Morgan fingerprint density at radius 2 is 2.12 bits per heavy atom. The molecular weight excluding hydrogens is 419 g/mol. The number of methoxy groups -OCH3 is 1. The summed E-state index contributed by atoms with van der Waals surface area (Å²) in [7, 11) is 1.67. The van der Waals surface area contributed by atoms with Crippen LogP contribution >= 0.6 is 24.0 Å². The van der Waals surface area contributed by atoms with Gasteiger partial charge in [-0.15, -0.1) is 24.0 Å². The maximum Gasteiger partial charge on any atom is 0.193 e. The van der Waals surface area contributed by atoms with Crippen molar-refractivity contribution in [1.29, 1.82) is 0 Å². The van der Waals surface area contributed by atoms with E-state index in [2.05, 4.69) is 15.5 Å². The van der Waals surface area contributed by atoms with E-state index in [0.717, 1.165) is 35.5 Å². The summed E-state index contributed by atoms with van der Waals surface area (Å²) in [6.07, 6.45) is 4.35. The third-order valence-electron chi connectivity index (χ3n) is 4.01. The molecule has 0 radical (unpaired) electrons. The van der Waals surface area contributed by atoms with Crippen molar-refractivity contribution in [3.05, 3.63) is 46.8 Å². The van der Waals surface area contributed by atoms with Crippen LogP contribution in [0.4, 0.5) is 5.69 Å². The maximum atomic E-state index is 6.00. The number of fused-ring (bicyclic) bond motifs is 1. The molecule has 0 bridgehead atoms. The van der Waals surface area contributed by atoms with Gasteiger partial charge >= 0.3 is 0 Å². The summed E-state index contributed by atoms with van der Waals surface area (Å²) in [5.74, 6) is 1.37. The predicted octanol–water partition coefficient (Wildman–Crippen LogP) is 3.24. The average Bonchev–Trinajstić information content (AvgIpc) is 2.98. The number of halogens is 1. The standard InChI is InChI=1S/C17H22N4O2.HI/c1-22-11-12-6-2-4-8-14(12)20-17(18)19-10-15-13-7-3-5-9-16(13)23-21-15;/h2,4,6,8H,3,5,7,9-11H2,1H3,(H3,18,19,20);1H. The molecule has 0 saturated carbocycles. The van der Waals surface area contributed by atoms with Gasteiger partial charge in [-0.2, -0.15) is 0 Å². The topological polar surface area (TPSA) is 85.7 Å². The second-order valence-corrected chi connectivity index (χ2v) is 5.65. The Labute approximate surface area is 158 Å². The number of hydrogen-bond acceptors (Lipinski definition) is 4. The van der Waals surface area contributed by atoms with Gasteiger partial charge in [0.1, 0.15) is 11.5 Å². The first-order valence-corrected chi connectivity index (χ1v) is 7.88. The third-order valence-corrected chi connectivity index (χ3v) is 4.01. The Bertz CT molecular complexity index is 700. The third kappa shape index (κ3) is 4.47. The number of guanidine groups is 1. The number of rotatable bonds is 5. The lowest BCUT2D eigenvalue weighted by molar-refractivity contribution is 0.185. The molecule has 0 aliphatic heterocycles. The van der Waals surface area contributed by atoms with Crippen LogP contribution in [0.15, 0.2) is 33.8 Å². The summed E-state index contributed by atoms with van der Waals surface area (Å²) < 4.78 is 10.6. The molecule has 0 saturated heterocycles. The highest BCUT2D eigenvalue weighted by molar-refractivity contribution is 14.0. The maximum absolute atomic E-state index is 6.00. The molecule has 3 rings (SSSR count). The number of nitrogens with zero attached hydrogens (tertiary/aromatic N) is 2. The number of aryl methyl sites for hydroxylation is 1. The van der Waals surface area contributed by atoms with E-state index in [0.29, 0.717) is 19.1 Å². The lowest BCUT2D eigenvalue weighted by Gasteiger charge is -2.11. The van der Waals surface area contributed by atoms with Gasteiger partial charge in [0.25, 0.3) is 0 Å². The van der Waals surface area contributed by atoms with Crippen molar-refractivity contribution < 1.29 is 9.26 Å². The first kappa shape index (κ1) is 18.7. The molecule has 0 unspecified atom stereocenters. The smallest absolute Gasteiger partial charge is 0.193 e. The fourth-order valence-corrected chi connectivity index (χ4v) is 2.83. The average molecular weight is 442 g/mol. The SMILES string of the molecule is COCc1ccccc1NC(N)=NCc1noc2c1CCCC2.I. The molecule has 1 aliphatic rings. The van der Waals surface area contributed by atoms with Crippen LogP contribution in [0.5, 0.6) is 0 Å². The number of aromatic nitrogens is 1. The summed E-state index contributed by atoms with van der Waals surface area (Å²) in [6.45, 7) is 0.956. The van der Waals surface area contributed by atoms with Crippen LogP contribution in [-0.2, 0) is 30.7 Å². The summed E-state index contributed by atoms with van der Waals surface area (Å²) in [6, 6.07) is 7.86. The quantitative estimate of drug-likeness (QED) is 0.422. The number of nitrogens with two attached hydrogens (primary N) is 1. The van der Waals surface area contributed by atoms with Crippen molar-refractivity contribution in [2.75, 3.05) is 12.4 Å². The van der Waals surface area contributed by atoms with Crippen molar-refractivity contribution in [1.82, 2.24) is 5.16 Å². The molecule has 0 spiro atoms. The van der Waals surface area contributed by atoms with Crippen LogP contribution in [0, 0.1) is 0 Å². The van der Waals surface area contributed by atoms with Gasteiger partial charge in [-0.3, -0.25) is 0 Å². The largest absolute Gasteiger partial charge is 0.380 e. The van der Waals surface area contributed by atoms with E-state index in [9.17, 15) is 0 Å². The second kappa shape index (κ2) is 9.03. The summed E-state index contributed by atoms with van der Waals surface area (Å²) in [4.78, 5) is 4.39. The van der Waals surface area contributed by atoms with E-state index in [1.54, 1.807) is 7.11 Å². The lowest BCUT2D eigenvalue weighted by Crippen LogP contribution is -2.23. The van der Waals surface area contributed by atoms with Gasteiger partial charge in [-0.25, -0.2) is 4.99 Å². The van der Waals surface area contributed by atoms with E-state index in [4.69, 9.17) is 15.0 Å². The Morgan fingerprint density at radius 1 is 1.33 bits per heavy atom. The van der Waals surface area contributed by atoms with Crippen LogP contribution < -0.4 is 11.1 Å². The lowest BCUT2D eigenvalue weighted by atomic mass is 9.96. The molecule has 1 aromatic heterocycles. The number of aliphatic imine (C=N–C) groups is 1. The number of nitrogens with one attached hydrogen (secondary N) is 1. The molecular formula is C17H23IN4O2. The Hall–Kier alpha value is -1.61. The van der Waals surface area contributed by atoms with Gasteiger partial charge < -0.3 is 20.3 Å². The molecule has 1 aromatic carbocycles. The van der Waals surface area contributed by atoms with E-state index >= 15 is 0 Å². The highest BCUT2D eigenvalue weighted by Gasteiger charge is 2.18. The minimum Gasteiger partial charge on any atom is -0.380 e. The van der Waals surface area contributed by atoms with Gasteiger partial charge in [0.2, 0.25) is 0 Å². The van der Waals surface area contributed by atoms with Crippen molar-refractivity contribution in [2.24, 2.45) is 10.7 Å². The number of hydrogen-bond donors (Lipinski definition) is 2. The zero-order chi connectivity index (χ0) is 16.1. The predicted molar refractivity (Wildman–Crippen MR) is 105 cm³/mol. The molecule has 130 valence electrons. The number of benzene rings is 1. The van der Waals surface area contributed by atoms with E-state index in [1.807, 2.05) is 24.3 Å². The Kier molecular flexibility index (Phi) is 7.04. The monoisotopic (exact) mass is 442 g/mol. The fourth-order valence-electron chi connectivity index (χ4n) is 2.83. The summed E-state index contributed by atoms with van der Waals surface area (Å²) >= 11 is 0.